The molecule has 1 unspecified atom stereocenters. The van der Waals surface area contributed by atoms with Crippen molar-refractivity contribution in [3.05, 3.63) is 95.9 Å². The van der Waals surface area contributed by atoms with Gasteiger partial charge in [0.25, 0.3) is 0 Å². The summed E-state index contributed by atoms with van der Waals surface area (Å²) in [4.78, 5) is 22.2. The molecular formula is C32H29F3N6O2. The molecule has 0 aliphatic heterocycles. The van der Waals surface area contributed by atoms with Crippen LogP contribution in [-0.2, 0) is 17.5 Å². The van der Waals surface area contributed by atoms with Crippen LogP contribution >= 0.6 is 0 Å². The Labute approximate surface area is 245 Å². The molecule has 220 valence electrons. The molecule has 43 heavy (non-hydrogen) atoms. The number of aliphatic hydroxyl groups is 1. The van der Waals surface area contributed by atoms with Crippen molar-refractivity contribution < 1.29 is 23.1 Å². The van der Waals surface area contributed by atoms with Crippen LogP contribution < -0.4 is 10.6 Å². The average molecular weight is 587 g/mol. The van der Waals surface area contributed by atoms with Gasteiger partial charge in [-0.25, -0.2) is 9.97 Å². The number of aliphatic hydroxyl groups excluding tert-OH is 1. The number of halogens is 3. The number of carbonyl (C=O) groups is 1. The van der Waals surface area contributed by atoms with Crippen molar-refractivity contribution in [2.24, 2.45) is 0 Å². The molecule has 1 fully saturated rings. The monoisotopic (exact) mass is 586 g/mol. The van der Waals surface area contributed by atoms with E-state index in [1.165, 1.54) is 17.7 Å². The molecule has 3 aromatic carbocycles. The van der Waals surface area contributed by atoms with Gasteiger partial charge < -0.3 is 15.7 Å². The lowest BCUT2D eigenvalue weighted by Gasteiger charge is -2.17. The highest BCUT2D eigenvalue weighted by atomic mass is 19.4. The third-order valence-electron chi connectivity index (χ3n) is 7.55. The molecule has 0 radical (unpaired) electrons. The SMILES string of the molecule is CC(C(=O)Nc1ccc(C2CC2)c(-c2ccc3nc(Nc4cnn(CCO)c4)ncc3c2)c1)c1cccc(C(F)(F)F)c1. The number of aromatic nitrogens is 4. The Balaban J connectivity index is 1.24. The number of anilines is 3. The first-order valence-electron chi connectivity index (χ1n) is 14.0. The Hall–Kier alpha value is -4.77. The number of nitrogens with one attached hydrogen (secondary N) is 2. The van der Waals surface area contributed by atoms with Gasteiger partial charge in [0.05, 0.1) is 42.0 Å². The minimum absolute atomic E-state index is 0.00734. The quantitative estimate of drug-likeness (QED) is 0.174. The van der Waals surface area contributed by atoms with E-state index >= 15 is 0 Å². The van der Waals surface area contributed by atoms with Crippen LogP contribution in [0, 0.1) is 0 Å². The molecule has 0 bridgehead atoms. The number of nitrogens with zero attached hydrogens (tertiary/aromatic N) is 4. The molecule has 5 aromatic rings. The molecule has 6 rings (SSSR count). The molecular weight excluding hydrogens is 557 g/mol. The molecule has 1 atom stereocenters. The van der Waals surface area contributed by atoms with Crippen molar-refractivity contribution in [3.63, 3.8) is 0 Å². The second kappa shape index (κ2) is 11.5. The number of benzene rings is 3. The lowest BCUT2D eigenvalue weighted by Crippen LogP contribution is -2.19. The lowest BCUT2D eigenvalue weighted by molar-refractivity contribution is -0.137. The zero-order chi connectivity index (χ0) is 30.1. The Morgan fingerprint density at radius 2 is 1.91 bits per heavy atom. The van der Waals surface area contributed by atoms with Gasteiger partial charge in [-0.1, -0.05) is 30.3 Å². The van der Waals surface area contributed by atoms with Crippen LogP contribution in [0.4, 0.5) is 30.5 Å². The summed E-state index contributed by atoms with van der Waals surface area (Å²) < 4.78 is 41.2. The Morgan fingerprint density at radius 1 is 1.07 bits per heavy atom. The highest BCUT2D eigenvalue weighted by molar-refractivity contribution is 5.96. The number of alkyl halides is 3. The van der Waals surface area contributed by atoms with Crippen molar-refractivity contribution >= 4 is 34.1 Å². The molecule has 8 nitrogen and oxygen atoms in total. The largest absolute Gasteiger partial charge is 0.416 e. The van der Waals surface area contributed by atoms with Gasteiger partial charge in [0.15, 0.2) is 0 Å². The molecule has 11 heteroatoms. The molecule has 1 amide bonds. The number of carbonyl (C=O) groups excluding carboxylic acids is 1. The second-order valence-corrected chi connectivity index (χ2v) is 10.7. The molecule has 2 aromatic heterocycles. The van der Waals surface area contributed by atoms with Gasteiger partial charge in [-0.3, -0.25) is 9.48 Å². The van der Waals surface area contributed by atoms with Crippen LogP contribution in [0.2, 0.25) is 0 Å². The summed E-state index contributed by atoms with van der Waals surface area (Å²) in [5, 5.41) is 20.1. The number of fused-ring (bicyclic) bond motifs is 1. The number of rotatable bonds is 9. The second-order valence-electron chi connectivity index (χ2n) is 10.7. The van der Waals surface area contributed by atoms with E-state index in [0.717, 1.165) is 47.0 Å². The minimum atomic E-state index is -4.48. The van der Waals surface area contributed by atoms with Crippen molar-refractivity contribution in [2.45, 2.75) is 44.3 Å². The van der Waals surface area contributed by atoms with Crippen molar-refractivity contribution in [1.82, 2.24) is 19.7 Å². The van der Waals surface area contributed by atoms with E-state index in [9.17, 15) is 18.0 Å². The van der Waals surface area contributed by atoms with Gasteiger partial charge in [-0.15, -0.1) is 0 Å². The molecule has 3 N–H and O–H groups in total. The van der Waals surface area contributed by atoms with Crippen molar-refractivity contribution in [1.29, 1.82) is 0 Å². The Kier molecular flexibility index (Phi) is 7.57. The number of amides is 1. The summed E-state index contributed by atoms with van der Waals surface area (Å²) in [6.45, 7) is 1.98. The smallest absolute Gasteiger partial charge is 0.394 e. The van der Waals surface area contributed by atoms with Gasteiger partial charge >= 0.3 is 6.18 Å². The summed E-state index contributed by atoms with van der Waals surface area (Å²) >= 11 is 0. The van der Waals surface area contributed by atoms with Crippen molar-refractivity contribution in [3.8, 4) is 11.1 Å². The lowest BCUT2D eigenvalue weighted by atomic mass is 9.94. The summed E-state index contributed by atoms with van der Waals surface area (Å²) in [5.74, 6) is -0.312. The fraction of sp³-hybridized carbons (Fsp3) is 0.250. The molecule has 2 heterocycles. The molecule has 1 aliphatic carbocycles. The maximum atomic E-state index is 13.2. The Morgan fingerprint density at radius 3 is 2.67 bits per heavy atom. The molecule has 0 saturated heterocycles. The third kappa shape index (κ3) is 6.36. The van der Waals surface area contributed by atoms with Crippen LogP contribution in [-0.4, -0.2) is 37.4 Å². The van der Waals surface area contributed by atoms with E-state index < -0.39 is 23.6 Å². The normalized spacial score (nSPS) is 14.1. The van der Waals surface area contributed by atoms with E-state index in [2.05, 4.69) is 25.7 Å². The Bertz CT molecular complexity index is 1800. The predicted octanol–water partition coefficient (Wildman–Crippen LogP) is 6.87. The van der Waals surface area contributed by atoms with Crippen LogP contribution in [0.15, 0.2) is 79.3 Å². The fourth-order valence-corrected chi connectivity index (χ4v) is 5.06. The van der Waals surface area contributed by atoms with E-state index in [0.29, 0.717) is 35.3 Å². The first-order valence-corrected chi connectivity index (χ1v) is 14.0. The summed E-state index contributed by atoms with van der Waals surface area (Å²) in [6, 6.07) is 16.6. The van der Waals surface area contributed by atoms with Gasteiger partial charge in [0, 0.05) is 23.5 Å². The highest BCUT2D eigenvalue weighted by Crippen LogP contribution is 2.45. The van der Waals surface area contributed by atoms with Gasteiger partial charge in [-0.05, 0) is 78.3 Å². The zero-order valence-electron chi connectivity index (χ0n) is 23.3. The fourth-order valence-electron chi connectivity index (χ4n) is 5.06. The predicted molar refractivity (Wildman–Crippen MR) is 158 cm³/mol. The van der Waals surface area contributed by atoms with Gasteiger partial charge in [0.1, 0.15) is 0 Å². The summed E-state index contributed by atoms with van der Waals surface area (Å²) in [5.41, 5.74) is 4.65. The van der Waals surface area contributed by atoms with Crippen LogP contribution in [0.1, 0.15) is 48.3 Å². The van der Waals surface area contributed by atoms with Crippen LogP contribution in [0.25, 0.3) is 22.0 Å². The van der Waals surface area contributed by atoms with E-state index in [1.54, 1.807) is 30.2 Å². The first-order chi connectivity index (χ1) is 20.7. The zero-order valence-corrected chi connectivity index (χ0v) is 23.3. The molecule has 1 aliphatic rings. The number of hydrogen-bond donors (Lipinski definition) is 3. The van der Waals surface area contributed by atoms with Gasteiger partial charge in [-0.2, -0.15) is 18.3 Å². The van der Waals surface area contributed by atoms with Crippen LogP contribution in [0.5, 0.6) is 0 Å². The molecule has 1 saturated carbocycles. The standard InChI is InChI=1S/C32H29F3N6O2/c1-19(21-3-2-4-24(14-21)32(33,34)35)30(43)38-25-8-9-27(20-5-6-20)28(15-25)22-7-10-29-23(13-22)16-36-31(40-29)39-26-17-37-41(18-26)11-12-42/h2-4,7-10,13-20,42H,5-6,11-12H2,1H3,(H,38,43)(H,36,39,40). The van der Waals surface area contributed by atoms with Crippen molar-refractivity contribution in [2.75, 3.05) is 17.2 Å². The average Bonchev–Trinajstić information content (AvgIpc) is 3.75. The molecule has 0 spiro atoms. The topological polar surface area (TPSA) is 105 Å². The summed E-state index contributed by atoms with van der Waals surface area (Å²) in [7, 11) is 0. The van der Waals surface area contributed by atoms with E-state index in [-0.39, 0.29) is 6.61 Å². The van der Waals surface area contributed by atoms with E-state index in [4.69, 9.17) is 5.11 Å². The van der Waals surface area contributed by atoms with Crippen LogP contribution in [0.3, 0.4) is 0 Å². The highest BCUT2D eigenvalue weighted by Gasteiger charge is 2.31. The number of hydrogen-bond acceptors (Lipinski definition) is 6. The minimum Gasteiger partial charge on any atom is -0.394 e. The maximum absolute atomic E-state index is 13.2. The summed E-state index contributed by atoms with van der Waals surface area (Å²) in [6.07, 6.45) is 2.84. The van der Waals surface area contributed by atoms with Gasteiger partial charge in [0.2, 0.25) is 11.9 Å². The van der Waals surface area contributed by atoms with E-state index in [1.807, 2.05) is 36.4 Å². The third-order valence-corrected chi connectivity index (χ3v) is 7.55. The maximum Gasteiger partial charge on any atom is 0.416 e. The first kappa shape index (κ1) is 28.4.